The van der Waals surface area contributed by atoms with Crippen molar-refractivity contribution in [3.05, 3.63) is 69.7 Å². The summed E-state index contributed by atoms with van der Waals surface area (Å²) in [7, 11) is 0. The Bertz CT molecular complexity index is 608. The fraction of sp³-hybridized carbons (Fsp3) is 0.294. The molecular weight excluding hydrogens is 292 g/mol. The molecule has 0 aliphatic heterocycles. The van der Waals surface area contributed by atoms with E-state index in [-0.39, 0.29) is 18.0 Å². The monoisotopic (exact) mass is 309 g/mol. The van der Waals surface area contributed by atoms with Gasteiger partial charge in [-0.1, -0.05) is 36.7 Å². The van der Waals surface area contributed by atoms with E-state index in [0.717, 1.165) is 11.1 Å². The summed E-state index contributed by atoms with van der Waals surface area (Å²) in [5, 5.41) is 3.96. The molecular formula is C17H18ClF2N. The van der Waals surface area contributed by atoms with Crippen molar-refractivity contribution in [3.8, 4) is 0 Å². The molecule has 2 aromatic rings. The second-order valence-electron chi connectivity index (χ2n) is 5.02. The molecule has 1 N–H and O–H groups in total. The predicted molar refractivity (Wildman–Crippen MR) is 82.7 cm³/mol. The van der Waals surface area contributed by atoms with Gasteiger partial charge in [0.2, 0.25) is 0 Å². The molecule has 0 bridgehead atoms. The first-order valence-corrected chi connectivity index (χ1v) is 7.33. The molecule has 0 amide bonds. The molecule has 0 saturated heterocycles. The van der Waals surface area contributed by atoms with Gasteiger partial charge in [0, 0.05) is 16.6 Å². The zero-order chi connectivity index (χ0) is 15.4. The van der Waals surface area contributed by atoms with Crippen LogP contribution >= 0.6 is 11.6 Å². The minimum absolute atomic E-state index is 0.107. The molecule has 4 heteroatoms. The Morgan fingerprint density at radius 3 is 2.38 bits per heavy atom. The third kappa shape index (κ3) is 3.80. The molecule has 112 valence electrons. The van der Waals surface area contributed by atoms with E-state index in [9.17, 15) is 8.78 Å². The van der Waals surface area contributed by atoms with E-state index in [4.69, 9.17) is 11.6 Å². The number of likely N-dealkylation sites (N-methyl/N-ethyl adjacent to an activating group) is 1. The number of nitrogens with one attached hydrogen (secondary N) is 1. The van der Waals surface area contributed by atoms with Crippen molar-refractivity contribution < 1.29 is 8.78 Å². The van der Waals surface area contributed by atoms with Gasteiger partial charge in [0.25, 0.3) is 0 Å². The second-order valence-corrected chi connectivity index (χ2v) is 5.43. The molecule has 1 unspecified atom stereocenters. The SMILES string of the molecule is CCNC(Cc1c(F)cccc1F)c1ccc(Cl)c(C)c1. The molecule has 0 spiro atoms. The minimum atomic E-state index is -0.511. The van der Waals surface area contributed by atoms with E-state index >= 15 is 0 Å². The van der Waals surface area contributed by atoms with Crippen LogP contribution in [0.1, 0.15) is 29.7 Å². The Labute approximate surface area is 128 Å². The molecule has 0 radical (unpaired) electrons. The number of hydrogen-bond donors (Lipinski definition) is 1. The molecule has 21 heavy (non-hydrogen) atoms. The van der Waals surface area contributed by atoms with Crippen molar-refractivity contribution in [1.82, 2.24) is 5.32 Å². The fourth-order valence-electron chi connectivity index (χ4n) is 2.37. The molecule has 1 nitrogen and oxygen atoms in total. The Balaban J connectivity index is 2.33. The summed E-state index contributed by atoms with van der Waals surface area (Å²) in [4.78, 5) is 0. The van der Waals surface area contributed by atoms with Gasteiger partial charge in [0.1, 0.15) is 11.6 Å². The van der Waals surface area contributed by atoms with E-state index < -0.39 is 11.6 Å². The van der Waals surface area contributed by atoms with E-state index in [0.29, 0.717) is 11.6 Å². The van der Waals surface area contributed by atoms with Crippen molar-refractivity contribution in [2.45, 2.75) is 26.3 Å². The molecule has 0 aliphatic carbocycles. The van der Waals surface area contributed by atoms with Gasteiger partial charge in [0.15, 0.2) is 0 Å². The van der Waals surface area contributed by atoms with Gasteiger partial charge in [-0.05, 0) is 49.2 Å². The van der Waals surface area contributed by atoms with Gasteiger partial charge >= 0.3 is 0 Å². The molecule has 1 atom stereocenters. The summed E-state index contributed by atoms with van der Waals surface area (Å²) in [5.41, 5.74) is 2.03. The van der Waals surface area contributed by atoms with Crippen LogP contribution in [0.2, 0.25) is 5.02 Å². The van der Waals surface area contributed by atoms with Crippen molar-refractivity contribution >= 4 is 11.6 Å². The van der Waals surface area contributed by atoms with Gasteiger partial charge in [-0.2, -0.15) is 0 Å². The van der Waals surface area contributed by atoms with E-state index in [1.165, 1.54) is 18.2 Å². The highest BCUT2D eigenvalue weighted by Gasteiger charge is 2.17. The Kier molecular flexibility index (Phi) is 5.32. The summed E-state index contributed by atoms with van der Waals surface area (Å²) in [6.45, 7) is 4.59. The highest BCUT2D eigenvalue weighted by atomic mass is 35.5. The fourth-order valence-corrected chi connectivity index (χ4v) is 2.49. The largest absolute Gasteiger partial charge is 0.310 e. The summed E-state index contributed by atoms with van der Waals surface area (Å²) in [6.07, 6.45) is 0.257. The first-order valence-electron chi connectivity index (χ1n) is 6.95. The summed E-state index contributed by atoms with van der Waals surface area (Å²) >= 11 is 6.03. The lowest BCUT2D eigenvalue weighted by molar-refractivity contribution is 0.499. The summed E-state index contributed by atoms with van der Waals surface area (Å²) in [6, 6.07) is 9.45. The normalized spacial score (nSPS) is 12.4. The minimum Gasteiger partial charge on any atom is -0.310 e. The van der Waals surface area contributed by atoms with Crippen LogP contribution < -0.4 is 5.32 Å². The molecule has 2 rings (SSSR count). The quantitative estimate of drug-likeness (QED) is 0.835. The third-order valence-corrected chi connectivity index (χ3v) is 3.93. The maximum Gasteiger partial charge on any atom is 0.129 e. The second kappa shape index (κ2) is 7.01. The molecule has 2 aromatic carbocycles. The predicted octanol–water partition coefficient (Wildman–Crippen LogP) is 4.82. The Morgan fingerprint density at radius 2 is 1.81 bits per heavy atom. The number of hydrogen-bond acceptors (Lipinski definition) is 1. The van der Waals surface area contributed by atoms with Crippen LogP contribution in [0.5, 0.6) is 0 Å². The molecule has 0 heterocycles. The average molecular weight is 310 g/mol. The maximum atomic E-state index is 13.8. The number of halogens is 3. The third-order valence-electron chi connectivity index (χ3n) is 3.50. The summed E-state index contributed by atoms with van der Waals surface area (Å²) < 4.78 is 27.6. The van der Waals surface area contributed by atoms with Crippen LogP contribution in [0.3, 0.4) is 0 Å². The first kappa shape index (κ1) is 15.9. The first-order chi connectivity index (χ1) is 10.0. The van der Waals surface area contributed by atoms with E-state index in [1.807, 2.05) is 32.0 Å². The van der Waals surface area contributed by atoms with Gasteiger partial charge in [-0.3, -0.25) is 0 Å². The van der Waals surface area contributed by atoms with Crippen LogP contribution in [0, 0.1) is 18.6 Å². The lowest BCUT2D eigenvalue weighted by Gasteiger charge is -2.20. The van der Waals surface area contributed by atoms with Gasteiger partial charge in [-0.25, -0.2) is 8.78 Å². The zero-order valence-corrected chi connectivity index (χ0v) is 12.8. The van der Waals surface area contributed by atoms with Crippen molar-refractivity contribution in [3.63, 3.8) is 0 Å². The lowest BCUT2D eigenvalue weighted by atomic mass is 9.97. The topological polar surface area (TPSA) is 12.0 Å². The van der Waals surface area contributed by atoms with Crippen molar-refractivity contribution in [1.29, 1.82) is 0 Å². The number of rotatable bonds is 5. The van der Waals surface area contributed by atoms with Crippen molar-refractivity contribution in [2.24, 2.45) is 0 Å². The highest BCUT2D eigenvalue weighted by Crippen LogP contribution is 2.25. The van der Waals surface area contributed by atoms with Crippen LogP contribution in [0.4, 0.5) is 8.78 Å². The van der Waals surface area contributed by atoms with Gasteiger partial charge in [0.05, 0.1) is 0 Å². The van der Waals surface area contributed by atoms with E-state index in [2.05, 4.69) is 5.32 Å². The van der Waals surface area contributed by atoms with E-state index in [1.54, 1.807) is 0 Å². The molecule has 0 fully saturated rings. The smallest absolute Gasteiger partial charge is 0.129 e. The van der Waals surface area contributed by atoms with Gasteiger partial charge < -0.3 is 5.32 Å². The zero-order valence-electron chi connectivity index (χ0n) is 12.1. The standard InChI is InChI=1S/C17H18ClF2N/c1-3-21-17(12-7-8-14(18)11(2)9-12)10-13-15(19)5-4-6-16(13)20/h4-9,17,21H,3,10H2,1-2H3. The average Bonchev–Trinajstić information content (AvgIpc) is 2.45. The molecule has 0 aliphatic rings. The van der Waals surface area contributed by atoms with Crippen LogP contribution in [0.15, 0.2) is 36.4 Å². The highest BCUT2D eigenvalue weighted by molar-refractivity contribution is 6.31. The van der Waals surface area contributed by atoms with Crippen LogP contribution in [0.25, 0.3) is 0 Å². The molecule has 0 aromatic heterocycles. The van der Waals surface area contributed by atoms with Gasteiger partial charge in [-0.15, -0.1) is 0 Å². The summed E-state index contributed by atoms with van der Waals surface area (Å²) in [5.74, 6) is -1.02. The van der Waals surface area contributed by atoms with Crippen molar-refractivity contribution in [2.75, 3.05) is 6.54 Å². The Morgan fingerprint density at radius 1 is 1.14 bits per heavy atom. The maximum absolute atomic E-state index is 13.8. The van der Waals surface area contributed by atoms with Crippen LogP contribution in [-0.4, -0.2) is 6.54 Å². The van der Waals surface area contributed by atoms with Crippen LogP contribution in [-0.2, 0) is 6.42 Å². The number of aryl methyl sites for hydroxylation is 1. The number of benzene rings is 2. The lowest BCUT2D eigenvalue weighted by Crippen LogP contribution is -2.24. The molecule has 0 saturated carbocycles. The Hall–Kier alpha value is -1.45.